The average Bonchev–Trinajstić information content (AvgIpc) is 3.36. The van der Waals surface area contributed by atoms with Crippen LogP contribution in [0.15, 0.2) is 42.6 Å². The Hall–Kier alpha value is -3.80. The molecule has 12 heteroatoms. The van der Waals surface area contributed by atoms with Crippen molar-refractivity contribution >= 4 is 23.5 Å². The van der Waals surface area contributed by atoms with Crippen LogP contribution >= 0.6 is 11.6 Å². The maximum Gasteiger partial charge on any atom is 0.305 e. The zero-order valence-corrected chi connectivity index (χ0v) is 22.6. The van der Waals surface area contributed by atoms with E-state index in [-0.39, 0.29) is 48.3 Å². The van der Waals surface area contributed by atoms with Gasteiger partial charge in [-0.15, -0.1) is 0 Å². The number of carbonyl (C=O) groups is 2. The van der Waals surface area contributed by atoms with E-state index in [4.69, 9.17) is 36.7 Å². The highest BCUT2D eigenvalue weighted by molar-refractivity contribution is 6.34. The fraction of sp³-hybridized carbons (Fsp3) is 0.321. The minimum absolute atomic E-state index is 0.000706. The van der Waals surface area contributed by atoms with Gasteiger partial charge in [-0.05, 0) is 12.0 Å². The van der Waals surface area contributed by atoms with E-state index in [1.54, 1.807) is 30.3 Å². The van der Waals surface area contributed by atoms with Crippen LogP contribution in [-0.2, 0) is 21.6 Å². The first kappa shape index (κ1) is 29.2. The van der Waals surface area contributed by atoms with Gasteiger partial charge in [0.05, 0.1) is 24.3 Å². The van der Waals surface area contributed by atoms with Crippen molar-refractivity contribution in [1.82, 2.24) is 10.3 Å². The topological polar surface area (TPSA) is 133 Å². The molecule has 0 unspecified atom stereocenters. The molecule has 1 aliphatic rings. The van der Waals surface area contributed by atoms with Crippen LogP contribution in [0.4, 0.5) is 8.78 Å². The number of esters is 1. The number of halogens is 3. The summed E-state index contributed by atoms with van der Waals surface area (Å²) in [5, 5.41) is 11.1. The minimum atomic E-state index is -1.30. The lowest BCUT2D eigenvalue weighted by Gasteiger charge is -2.35. The van der Waals surface area contributed by atoms with Crippen LogP contribution in [0.25, 0.3) is 11.1 Å². The lowest BCUT2D eigenvalue weighted by Crippen LogP contribution is -2.49. The summed E-state index contributed by atoms with van der Waals surface area (Å²) in [6.07, 6.45) is 1.25. The number of hydrogen-bond donors (Lipinski definition) is 3. The Morgan fingerprint density at radius 1 is 1.27 bits per heavy atom. The predicted molar refractivity (Wildman–Crippen MR) is 142 cm³/mol. The van der Waals surface area contributed by atoms with Gasteiger partial charge in [0, 0.05) is 54.9 Å². The van der Waals surface area contributed by atoms with Crippen LogP contribution in [0.3, 0.4) is 0 Å². The molecule has 1 amide bonds. The van der Waals surface area contributed by atoms with Gasteiger partial charge in [0.1, 0.15) is 18.2 Å². The van der Waals surface area contributed by atoms with E-state index < -0.39 is 52.7 Å². The Morgan fingerprint density at radius 3 is 2.65 bits per heavy atom. The third kappa shape index (κ3) is 5.32. The van der Waals surface area contributed by atoms with E-state index in [0.29, 0.717) is 11.1 Å². The molecule has 212 valence electrons. The van der Waals surface area contributed by atoms with Crippen molar-refractivity contribution in [1.29, 1.82) is 0 Å². The Balaban J connectivity index is 1.94. The smallest absolute Gasteiger partial charge is 0.305 e. The number of benzene rings is 2. The Bertz CT molecular complexity index is 1430. The number of carbonyl (C=O) groups excluding carboxylic acids is 2. The number of nitrogens with zero attached hydrogens (tertiary/aromatic N) is 1. The summed E-state index contributed by atoms with van der Waals surface area (Å²) in [5.74, 6) is -3.61. The highest BCUT2D eigenvalue weighted by Gasteiger charge is 2.48. The van der Waals surface area contributed by atoms with Gasteiger partial charge in [0.15, 0.2) is 11.4 Å². The lowest BCUT2D eigenvalue weighted by molar-refractivity contribution is -0.141. The van der Waals surface area contributed by atoms with Crippen LogP contribution < -0.4 is 20.5 Å². The molecular weight excluding hydrogens is 548 g/mol. The second-order valence-corrected chi connectivity index (χ2v) is 9.47. The van der Waals surface area contributed by atoms with Crippen LogP contribution in [-0.4, -0.2) is 55.4 Å². The van der Waals surface area contributed by atoms with Crippen molar-refractivity contribution in [2.24, 2.45) is 5.73 Å². The van der Waals surface area contributed by atoms with Gasteiger partial charge in [-0.1, -0.05) is 41.9 Å². The Labute approximate surface area is 234 Å². The van der Waals surface area contributed by atoms with E-state index >= 15 is 8.78 Å². The molecule has 0 saturated carbocycles. The summed E-state index contributed by atoms with van der Waals surface area (Å²) < 4.78 is 47.7. The summed E-state index contributed by atoms with van der Waals surface area (Å²) in [6, 6.07) is 9.22. The van der Waals surface area contributed by atoms with Crippen molar-refractivity contribution in [2.45, 2.75) is 30.9 Å². The molecule has 2 aromatic carbocycles. The molecule has 40 heavy (non-hydrogen) atoms. The molecule has 0 fully saturated rings. The summed E-state index contributed by atoms with van der Waals surface area (Å²) >= 11 is 6.48. The number of ether oxygens (including phenoxy) is 3. The number of amides is 1. The zero-order valence-electron chi connectivity index (χ0n) is 21.8. The molecule has 1 aliphatic heterocycles. The number of aliphatic hydroxyl groups is 1. The van der Waals surface area contributed by atoms with Crippen molar-refractivity contribution in [3.63, 3.8) is 0 Å². The predicted octanol–water partition coefficient (Wildman–Crippen LogP) is 3.52. The Morgan fingerprint density at radius 2 is 2.00 bits per heavy atom. The number of methoxy groups -OCH3 is 1. The van der Waals surface area contributed by atoms with Crippen LogP contribution in [0.5, 0.6) is 11.6 Å². The molecule has 4 rings (SSSR count). The van der Waals surface area contributed by atoms with Gasteiger partial charge < -0.3 is 30.4 Å². The van der Waals surface area contributed by atoms with Gasteiger partial charge in [-0.25, -0.2) is 13.8 Å². The number of hydrogen-bond acceptors (Lipinski definition) is 8. The molecule has 4 N–H and O–H groups in total. The van der Waals surface area contributed by atoms with E-state index in [9.17, 15) is 9.59 Å². The zero-order chi connectivity index (χ0) is 29.0. The average molecular weight is 576 g/mol. The first-order valence-electron chi connectivity index (χ1n) is 12.4. The molecule has 2 heterocycles. The van der Waals surface area contributed by atoms with Gasteiger partial charge in [0.25, 0.3) is 11.8 Å². The summed E-state index contributed by atoms with van der Waals surface area (Å²) in [6.45, 7) is -0.687. The van der Waals surface area contributed by atoms with E-state index in [2.05, 4.69) is 10.3 Å². The third-order valence-electron chi connectivity index (χ3n) is 6.81. The largest absolute Gasteiger partial charge is 0.480 e. The third-order valence-corrected chi connectivity index (χ3v) is 7.17. The number of pyridine rings is 1. The van der Waals surface area contributed by atoms with Gasteiger partial charge >= 0.3 is 5.97 Å². The van der Waals surface area contributed by atoms with Crippen molar-refractivity contribution in [3.8, 4) is 22.8 Å². The standard InChI is InChI=1S/C28H28ClF2N3O6/c1-33-26(37)17-14-34-27(39-11-10-35)25(31)23(17)22-16-13-28(15-6-4-3-5-7-15,20(32)8-9-21(36)38-2)40-19(16)12-18(30)24(22)29/h3-7,12,14,20,35H,8-11,13,32H2,1-2H3,(H,33,37)/t20-,28-/m0/s1. The second kappa shape index (κ2) is 12.2. The molecule has 0 saturated heterocycles. The molecule has 0 spiro atoms. The number of nitrogens with one attached hydrogen (secondary N) is 1. The van der Waals surface area contributed by atoms with Crippen LogP contribution in [0.1, 0.15) is 34.3 Å². The normalized spacial score (nSPS) is 16.6. The maximum absolute atomic E-state index is 16.0. The SMILES string of the molecule is CNC(=O)c1cnc(OCCO)c(F)c1-c1c(Cl)c(F)cc2c1C[C@](c1ccccc1)([C@@H](N)CCC(=O)OC)O2. The van der Waals surface area contributed by atoms with Crippen molar-refractivity contribution in [3.05, 3.63) is 75.9 Å². The number of rotatable bonds is 10. The van der Waals surface area contributed by atoms with Crippen LogP contribution in [0.2, 0.25) is 5.02 Å². The van der Waals surface area contributed by atoms with Gasteiger partial charge in [-0.3, -0.25) is 9.59 Å². The minimum Gasteiger partial charge on any atom is -0.480 e. The van der Waals surface area contributed by atoms with E-state index in [0.717, 1.165) is 12.3 Å². The lowest BCUT2D eigenvalue weighted by atomic mass is 9.79. The van der Waals surface area contributed by atoms with Crippen molar-refractivity contribution in [2.75, 3.05) is 27.4 Å². The quantitative estimate of drug-likeness (QED) is 0.313. The van der Waals surface area contributed by atoms with Crippen LogP contribution in [0, 0.1) is 11.6 Å². The number of nitrogens with two attached hydrogens (primary N) is 1. The summed E-state index contributed by atoms with van der Waals surface area (Å²) in [5.41, 5.74) is 5.60. The fourth-order valence-corrected chi connectivity index (χ4v) is 5.10. The number of aromatic nitrogens is 1. The van der Waals surface area contributed by atoms with Gasteiger partial charge in [-0.2, -0.15) is 0 Å². The fourth-order valence-electron chi connectivity index (χ4n) is 4.84. The summed E-state index contributed by atoms with van der Waals surface area (Å²) in [4.78, 5) is 28.5. The second-order valence-electron chi connectivity index (χ2n) is 9.10. The Kier molecular flexibility index (Phi) is 8.87. The first-order valence-corrected chi connectivity index (χ1v) is 12.8. The highest BCUT2D eigenvalue weighted by Crippen LogP contribution is 2.51. The molecule has 3 aromatic rings. The molecule has 2 atom stereocenters. The van der Waals surface area contributed by atoms with Gasteiger partial charge in [0.2, 0.25) is 0 Å². The number of fused-ring (bicyclic) bond motifs is 1. The number of aliphatic hydroxyl groups excluding tert-OH is 1. The molecule has 0 bridgehead atoms. The highest BCUT2D eigenvalue weighted by atomic mass is 35.5. The molecule has 0 aliphatic carbocycles. The molecule has 1 aromatic heterocycles. The summed E-state index contributed by atoms with van der Waals surface area (Å²) in [7, 11) is 2.62. The molecule has 0 radical (unpaired) electrons. The molecule has 9 nitrogen and oxygen atoms in total. The van der Waals surface area contributed by atoms with E-state index in [1.165, 1.54) is 14.2 Å². The first-order chi connectivity index (χ1) is 19.2. The van der Waals surface area contributed by atoms with E-state index in [1.807, 2.05) is 0 Å². The molecular formula is C28H28ClF2N3O6. The van der Waals surface area contributed by atoms with Crippen molar-refractivity contribution < 1.29 is 37.7 Å². The monoisotopic (exact) mass is 575 g/mol. The maximum atomic E-state index is 16.0.